The third-order valence-corrected chi connectivity index (χ3v) is 3.42. The Bertz CT molecular complexity index is 953. The maximum Gasteiger partial charge on any atom is 0.379 e. The highest BCUT2D eigenvalue weighted by atomic mass is 16.6. The number of nitrogens with zero attached hydrogens (tertiary/aromatic N) is 2. The van der Waals surface area contributed by atoms with E-state index in [0.717, 1.165) is 0 Å². The van der Waals surface area contributed by atoms with Crippen LogP contribution in [0.15, 0.2) is 70.6 Å². The summed E-state index contributed by atoms with van der Waals surface area (Å²) in [6.07, 6.45) is 5.84. The van der Waals surface area contributed by atoms with Gasteiger partial charge in [0.15, 0.2) is 11.5 Å². The first-order valence-corrected chi connectivity index (χ1v) is 7.84. The van der Waals surface area contributed by atoms with E-state index in [2.05, 4.69) is 15.5 Å². The highest BCUT2D eigenvalue weighted by Crippen LogP contribution is 2.28. The summed E-state index contributed by atoms with van der Waals surface area (Å²) in [5.41, 5.74) is 3.43. The van der Waals surface area contributed by atoms with Crippen molar-refractivity contribution < 1.29 is 23.5 Å². The lowest BCUT2D eigenvalue weighted by atomic mass is 10.2. The molecule has 3 aromatic rings. The standard InChI is InChI=1S/C19H15N3O5/c1-25-17-10-13(11-21-22-18(23)14-4-2-8-20-12-14)6-7-15(17)27-19(24)16-5-3-9-26-16/h2-12H,1H3,(H,22,23)/b21-11-. The smallest absolute Gasteiger partial charge is 0.379 e. The van der Waals surface area contributed by atoms with Crippen molar-refractivity contribution >= 4 is 18.1 Å². The minimum absolute atomic E-state index is 0.0841. The lowest BCUT2D eigenvalue weighted by molar-refractivity contribution is 0.0696. The number of ether oxygens (including phenoxy) is 2. The van der Waals surface area contributed by atoms with Crippen LogP contribution >= 0.6 is 0 Å². The van der Waals surface area contributed by atoms with E-state index in [0.29, 0.717) is 16.9 Å². The van der Waals surface area contributed by atoms with Gasteiger partial charge in [0, 0.05) is 12.4 Å². The van der Waals surface area contributed by atoms with Crippen molar-refractivity contribution in [2.45, 2.75) is 0 Å². The van der Waals surface area contributed by atoms with Crippen LogP contribution in [0.1, 0.15) is 26.5 Å². The Morgan fingerprint density at radius 3 is 2.78 bits per heavy atom. The van der Waals surface area contributed by atoms with Crippen LogP contribution in [0, 0.1) is 0 Å². The van der Waals surface area contributed by atoms with E-state index in [-0.39, 0.29) is 17.4 Å². The normalized spacial score (nSPS) is 10.6. The molecule has 0 radical (unpaired) electrons. The van der Waals surface area contributed by atoms with E-state index < -0.39 is 5.97 Å². The van der Waals surface area contributed by atoms with Crippen molar-refractivity contribution in [1.82, 2.24) is 10.4 Å². The summed E-state index contributed by atoms with van der Waals surface area (Å²) in [6, 6.07) is 11.2. The molecule has 0 aliphatic carbocycles. The van der Waals surface area contributed by atoms with Crippen molar-refractivity contribution in [2.24, 2.45) is 5.10 Å². The Hall–Kier alpha value is -3.94. The van der Waals surface area contributed by atoms with Gasteiger partial charge < -0.3 is 13.9 Å². The molecule has 27 heavy (non-hydrogen) atoms. The summed E-state index contributed by atoms with van der Waals surface area (Å²) in [4.78, 5) is 27.7. The molecule has 0 aliphatic heterocycles. The fourth-order valence-electron chi connectivity index (χ4n) is 2.12. The Morgan fingerprint density at radius 1 is 1.19 bits per heavy atom. The molecule has 1 amide bonds. The molecular formula is C19H15N3O5. The zero-order valence-corrected chi connectivity index (χ0v) is 14.3. The molecule has 1 N–H and O–H groups in total. The number of carbonyl (C=O) groups is 2. The van der Waals surface area contributed by atoms with Crippen LogP contribution in [0.3, 0.4) is 0 Å². The number of esters is 1. The molecule has 0 saturated carbocycles. The Balaban J connectivity index is 1.66. The average Bonchev–Trinajstić information content (AvgIpc) is 3.24. The Labute approximate surface area is 154 Å². The fraction of sp³-hybridized carbons (Fsp3) is 0.0526. The number of amides is 1. The van der Waals surface area contributed by atoms with E-state index in [1.54, 1.807) is 42.6 Å². The zero-order valence-electron chi connectivity index (χ0n) is 14.3. The number of furan rings is 1. The van der Waals surface area contributed by atoms with Crippen LogP contribution in [0.5, 0.6) is 11.5 Å². The number of carbonyl (C=O) groups excluding carboxylic acids is 2. The van der Waals surface area contributed by atoms with Crippen molar-refractivity contribution in [2.75, 3.05) is 7.11 Å². The predicted octanol–water partition coefficient (Wildman–Crippen LogP) is 2.67. The van der Waals surface area contributed by atoms with Crippen molar-refractivity contribution in [3.05, 3.63) is 78.0 Å². The molecule has 0 unspecified atom stereocenters. The first-order chi connectivity index (χ1) is 13.2. The minimum atomic E-state index is -0.636. The number of pyridine rings is 1. The highest BCUT2D eigenvalue weighted by Gasteiger charge is 2.14. The molecule has 0 saturated heterocycles. The molecule has 2 aromatic heterocycles. The largest absolute Gasteiger partial charge is 0.493 e. The maximum absolute atomic E-state index is 12.0. The second kappa shape index (κ2) is 8.43. The molecular weight excluding hydrogens is 350 g/mol. The molecule has 0 spiro atoms. The number of aromatic nitrogens is 1. The number of hydrazone groups is 1. The molecule has 3 rings (SSSR count). The molecule has 0 aliphatic rings. The summed E-state index contributed by atoms with van der Waals surface area (Å²) in [6.45, 7) is 0. The van der Waals surface area contributed by atoms with Gasteiger partial charge >= 0.3 is 5.97 Å². The number of nitrogens with one attached hydrogen (secondary N) is 1. The Morgan fingerprint density at radius 2 is 2.07 bits per heavy atom. The van der Waals surface area contributed by atoms with Gasteiger partial charge in [-0.1, -0.05) is 0 Å². The third-order valence-electron chi connectivity index (χ3n) is 3.42. The number of hydrogen-bond donors (Lipinski definition) is 1. The van der Waals surface area contributed by atoms with Gasteiger partial charge in [0.05, 0.1) is 25.2 Å². The number of hydrogen-bond acceptors (Lipinski definition) is 7. The summed E-state index contributed by atoms with van der Waals surface area (Å²) in [7, 11) is 1.45. The first kappa shape index (κ1) is 17.9. The van der Waals surface area contributed by atoms with Crippen LogP contribution < -0.4 is 14.9 Å². The Kier molecular flexibility index (Phi) is 5.58. The molecule has 0 fully saturated rings. The van der Waals surface area contributed by atoms with Crippen LogP contribution in [-0.4, -0.2) is 30.2 Å². The second-order valence-corrected chi connectivity index (χ2v) is 5.22. The first-order valence-electron chi connectivity index (χ1n) is 7.84. The van der Waals surface area contributed by atoms with Crippen LogP contribution in [0.4, 0.5) is 0 Å². The van der Waals surface area contributed by atoms with Gasteiger partial charge in [-0.05, 0) is 48.0 Å². The number of rotatable bonds is 6. The van der Waals surface area contributed by atoms with E-state index in [9.17, 15) is 9.59 Å². The third kappa shape index (κ3) is 4.57. The molecule has 8 nitrogen and oxygen atoms in total. The molecule has 0 atom stereocenters. The lowest BCUT2D eigenvalue weighted by Crippen LogP contribution is -2.17. The summed E-state index contributed by atoms with van der Waals surface area (Å²) in [5.74, 6) is -0.368. The van der Waals surface area contributed by atoms with Gasteiger partial charge in [0.1, 0.15) is 0 Å². The SMILES string of the molecule is COc1cc(/C=N\NC(=O)c2cccnc2)ccc1OC(=O)c1ccco1. The minimum Gasteiger partial charge on any atom is -0.493 e. The fourth-order valence-corrected chi connectivity index (χ4v) is 2.12. The molecule has 2 heterocycles. The molecule has 1 aromatic carbocycles. The predicted molar refractivity (Wildman–Crippen MR) is 96.0 cm³/mol. The topological polar surface area (TPSA) is 103 Å². The van der Waals surface area contributed by atoms with Crippen molar-refractivity contribution in [3.63, 3.8) is 0 Å². The van der Waals surface area contributed by atoms with Crippen LogP contribution in [-0.2, 0) is 0 Å². The van der Waals surface area contributed by atoms with Gasteiger partial charge in [0.25, 0.3) is 5.91 Å². The van der Waals surface area contributed by atoms with Crippen LogP contribution in [0.25, 0.3) is 0 Å². The number of methoxy groups -OCH3 is 1. The zero-order chi connectivity index (χ0) is 19.1. The van der Waals surface area contributed by atoms with Crippen LogP contribution in [0.2, 0.25) is 0 Å². The van der Waals surface area contributed by atoms with Gasteiger partial charge in [-0.15, -0.1) is 0 Å². The van der Waals surface area contributed by atoms with Gasteiger partial charge in [-0.3, -0.25) is 9.78 Å². The van der Waals surface area contributed by atoms with Gasteiger partial charge in [0.2, 0.25) is 5.76 Å². The van der Waals surface area contributed by atoms with Crippen molar-refractivity contribution in [3.8, 4) is 11.5 Å². The maximum atomic E-state index is 12.0. The van der Waals surface area contributed by atoms with Crippen molar-refractivity contribution in [1.29, 1.82) is 0 Å². The molecule has 136 valence electrons. The van der Waals surface area contributed by atoms with Gasteiger partial charge in [-0.25, -0.2) is 10.2 Å². The summed E-state index contributed by atoms with van der Waals surface area (Å²) < 4.78 is 15.5. The van der Waals surface area contributed by atoms with E-state index >= 15 is 0 Å². The summed E-state index contributed by atoms with van der Waals surface area (Å²) >= 11 is 0. The second-order valence-electron chi connectivity index (χ2n) is 5.22. The molecule has 8 heteroatoms. The number of benzene rings is 1. The monoisotopic (exact) mass is 365 g/mol. The van der Waals surface area contributed by atoms with E-state index in [4.69, 9.17) is 13.9 Å². The highest BCUT2D eigenvalue weighted by molar-refractivity contribution is 5.94. The average molecular weight is 365 g/mol. The quantitative estimate of drug-likeness (QED) is 0.312. The van der Waals surface area contributed by atoms with E-state index in [1.165, 1.54) is 31.9 Å². The molecule has 0 bridgehead atoms. The summed E-state index contributed by atoms with van der Waals surface area (Å²) in [5, 5.41) is 3.89. The lowest BCUT2D eigenvalue weighted by Gasteiger charge is -2.09. The van der Waals surface area contributed by atoms with Gasteiger partial charge in [-0.2, -0.15) is 5.10 Å². The van der Waals surface area contributed by atoms with E-state index in [1.807, 2.05) is 0 Å².